The molecule has 0 atom stereocenters. The number of hydrogen-bond donors (Lipinski definition) is 1. The Morgan fingerprint density at radius 2 is 1.70 bits per heavy atom. The molecule has 0 radical (unpaired) electrons. The number of carbonyl (C=O) groups is 2. The van der Waals surface area contributed by atoms with Gasteiger partial charge in [0, 0.05) is 13.1 Å². The third-order valence-corrected chi connectivity index (χ3v) is 3.68. The van der Waals surface area contributed by atoms with E-state index in [1.807, 2.05) is 4.90 Å². The molecular formula is C15H20N2O3. The van der Waals surface area contributed by atoms with Gasteiger partial charge in [-0.05, 0) is 31.9 Å². The molecule has 1 fully saturated rings. The Morgan fingerprint density at radius 1 is 1.10 bits per heavy atom. The van der Waals surface area contributed by atoms with Crippen molar-refractivity contribution in [3.8, 4) is 0 Å². The Morgan fingerprint density at radius 3 is 2.25 bits per heavy atom. The second-order valence-corrected chi connectivity index (χ2v) is 5.19. The molecule has 2 rings (SSSR count). The van der Waals surface area contributed by atoms with Crippen LogP contribution in [0.3, 0.4) is 0 Å². The van der Waals surface area contributed by atoms with Gasteiger partial charge in [-0.2, -0.15) is 0 Å². The number of pyridine rings is 1. The lowest BCUT2D eigenvalue weighted by molar-refractivity contribution is 0.0690. The Labute approximate surface area is 118 Å². The Bertz CT molecular complexity index is 506. The standard InChI is InChI=1S/C15H20N2O3/c1-11-12(15(19)20)7-8-13(16-11)14(18)17-9-5-3-2-4-6-10-17/h7-8H,2-6,9-10H2,1H3,(H,19,20). The number of rotatable bonds is 2. The molecule has 0 aliphatic carbocycles. The fourth-order valence-electron chi connectivity index (χ4n) is 2.52. The number of carboxylic acid groups (broad SMARTS) is 1. The van der Waals surface area contributed by atoms with Crippen molar-refractivity contribution in [2.75, 3.05) is 13.1 Å². The molecule has 1 saturated heterocycles. The molecule has 5 heteroatoms. The van der Waals surface area contributed by atoms with Gasteiger partial charge in [0.25, 0.3) is 5.91 Å². The lowest BCUT2D eigenvalue weighted by atomic mass is 10.1. The zero-order valence-corrected chi connectivity index (χ0v) is 11.8. The Balaban J connectivity index is 2.15. The maximum atomic E-state index is 12.4. The van der Waals surface area contributed by atoms with Crippen molar-refractivity contribution >= 4 is 11.9 Å². The predicted molar refractivity (Wildman–Crippen MR) is 74.9 cm³/mol. The van der Waals surface area contributed by atoms with Crippen molar-refractivity contribution < 1.29 is 14.7 Å². The average Bonchev–Trinajstić information content (AvgIpc) is 2.37. The maximum Gasteiger partial charge on any atom is 0.337 e. The maximum absolute atomic E-state index is 12.4. The lowest BCUT2D eigenvalue weighted by Gasteiger charge is -2.24. The molecule has 1 aliphatic heterocycles. The first-order chi connectivity index (χ1) is 9.59. The summed E-state index contributed by atoms with van der Waals surface area (Å²) in [5.41, 5.74) is 0.873. The third-order valence-electron chi connectivity index (χ3n) is 3.68. The number of nitrogens with zero attached hydrogens (tertiary/aromatic N) is 2. The molecule has 0 saturated carbocycles. The van der Waals surface area contributed by atoms with Gasteiger partial charge in [0.15, 0.2) is 0 Å². The summed E-state index contributed by atoms with van der Waals surface area (Å²) in [4.78, 5) is 29.4. The minimum atomic E-state index is -1.01. The quantitative estimate of drug-likeness (QED) is 0.901. The van der Waals surface area contributed by atoms with Gasteiger partial charge >= 0.3 is 5.97 Å². The number of carbonyl (C=O) groups excluding carboxylic acids is 1. The van der Waals surface area contributed by atoms with Crippen LogP contribution in [0.25, 0.3) is 0 Å². The molecule has 1 aromatic heterocycles. The number of amides is 1. The van der Waals surface area contributed by atoms with E-state index in [4.69, 9.17) is 5.11 Å². The Hall–Kier alpha value is -1.91. The highest BCUT2D eigenvalue weighted by Gasteiger charge is 2.19. The van der Waals surface area contributed by atoms with Crippen LogP contribution in [0.1, 0.15) is 58.6 Å². The summed E-state index contributed by atoms with van der Waals surface area (Å²) in [6.45, 7) is 3.15. The highest BCUT2D eigenvalue weighted by Crippen LogP contribution is 2.14. The highest BCUT2D eigenvalue weighted by molar-refractivity contribution is 5.94. The van der Waals surface area contributed by atoms with Gasteiger partial charge in [-0.25, -0.2) is 9.78 Å². The monoisotopic (exact) mass is 276 g/mol. The van der Waals surface area contributed by atoms with Crippen molar-refractivity contribution in [2.24, 2.45) is 0 Å². The largest absolute Gasteiger partial charge is 0.478 e. The molecule has 0 unspecified atom stereocenters. The number of aromatic carboxylic acids is 1. The first-order valence-corrected chi connectivity index (χ1v) is 7.10. The van der Waals surface area contributed by atoms with Gasteiger partial charge in [0.2, 0.25) is 0 Å². The molecule has 1 aliphatic rings. The molecular weight excluding hydrogens is 256 g/mol. The van der Waals surface area contributed by atoms with Crippen LogP contribution in [0.2, 0.25) is 0 Å². The van der Waals surface area contributed by atoms with E-state index in [1.54, 1.807) is 6.92 Å². The van der Waals surface area contributed by atoms with Crippen LogP contribution in [0.15, 0.2) is 12.1 Å². The van der Waals surface area contributed by atoms with Crippen LogP contribution >= 0.6 is 0 Å². The summed E-state index contributed by atoms with van der Waals surface area (Å²) in [6.07, 6.45) is 5.62. The molecule has 5 nitrogen and oxygen atoms in total. The number of hydrogen-bond acceptors (Lipinski definition) is 3. The van der Waals surface area contributed by atoms with E-state index in [9.17, 15) is 9.59 Å². The Kier molecular flexibility index (Phi) is 4.71. The molecule has 1 amide bonds. The van der Waals surface area contributed by atoms with E-state index < -0.39 is 5.97 Å². The number of likely N-dealkylation sites (tertiary alicyclic amines) is 1. The van der Waals surface area contributed by atoms with Crippen molar-refractivity contribution in [1.29, 1.82) is 0 Å². The minimum absolute atomic E-state index is 0.0908. The number of aryl methyl sites for hydroxylation is 1. The van der Waals surface area contributed by atoms with Crippen molar-refractivity contribution in [3.63, 3.8) is 0 Å². The van der Waals surface area contributed by atoms with Gasteiger partial charge in [0.05, 0.1) is 11.3 Å². The molecule has 0 aromatic carbocycles. The summed E-state index contributed by atoms with van der Waals surface area (Å²) in [6, 6.07) is 2.97. The van der Waals surface area contributed by atoms with Gasteiger partial charge < -0.3 is 10.0 Å². The van der Waals surface area contributed by atoms with Crippen LogP contribution in [0.5, 0.6) is 0 Å². The van der Waals surface area contributed by atoms with Crippen LogP contribution < -0.4 is 0 Å². The fourth-order valence-corrected chi connectivity index (χ4v) is 2.52. The van der Waals surface area contributed by atoms with E-state index in [2.05, 4.69) is 4.98 Å². The van der Waals surface area contributed by atoms with E-state index in [1.165, 1.54) is 18.6 Å². The van der Waals surface area contributed by atoms with Crippen LogP contribution in [-0.2, 0) is 0 Å². The van der Waals surface area contributed by atoms with E-state index in [0.717, 1.165) is 38.8 Å². The second-order valence-electron chi connectivity index (χ2n) is 5.19. The molecule has 2 heterocycles. The topological polar surface area (TPSA) is 70.5 Å². The average molecular weight is 276 g/mol. The first kappa shape index (κ1) is 14.5. The second kappa shape index (κ2) is 6.50. The molecule has 0 spiro atoms. The predicted octanol–water partition coefficient (Wildman–Crippen LogP) is 2.49. The van der Waals surface area contributed by atoms with Crippen molar-refractivity contribution in [1.82, 2.24) is 9.88 Å². The summed E-state index contributed by atoms with van der Waals surface area (Å²) >= 11 is 0. The minimum Gasteiger partial charge on any atom is -0.478 e. The van der Waals surface area contributed by atoms with Crippen molar-refractivity contribution in [3.05, 3.63) is 29.1 Å². The summed E-state index contributed by atoms with van der Waals surface area (Å²) < 4.78 is 0. The molecule has 1 aromatic rings. The smallest absolute Gasteiger partial charge is 0.337 e. The van der Waals surface area contributed by atoms with Gasteiger partial charge in [-0.1, -0.05) is 19.3 Å². The van der Waals surface area contributed by atoms with Gasteiger partial charge in [-0.3, -0.25) is 4.79 Å². The van der Waals surface area contributed by atoms with Crippen molar-refractivity contribution in [2.45, 2.75) is 39.0 Å². The highest BCUT2D eigenvalue weighted by atomic mass is 16.4. The number of carboxylic acids is 1. The molecule has 1 N–H and O–H groups in total. The first-order valence-electron chi connectivity index (χ1n) is 7.10. The zero-order valence-electron chi connectivity index (χ0n) is 11.8. The normalized spacial score (nSPS) is 16.4. The van der Waals surface area contributed by atoms with Crippen LogP contribution in [-0.4, -0.2) is 40.0 Å². The van der Waals surface area contributed by atoms with E-state index in [-0.39, 0.29) is 11.5 Å². The van der Waals surface area contributed by atoms with Gasteiger partial charge in [0.1, 0.15) is 5.69 Å². The molecule has 20 heavy (non-hydrogen) atoms. The summed E-state index contributed by atoms with van der Waals surface area (Å²) in [5.74, 6) is -1.10. The van der Waals surface area contributed by atoms with E-state index in [0.29, 0.717) is 11.4 Å². The lowest BCUT2D eigenvalue weighted by Crippen LogP contribution is -2.34. The number of aromatic nitrogens is 1. The van der Waals surface area contributed by atoms with Crippen LogP contribution in [0.4, 0.5) is 0 Å². The molecule has 108 valence electrons. The fraction of sp³-hybridized carbons (Fsp3) is 0.533. The van der Waals surface area contributed by atoms with Gasteiger partial charge in [-0.15, -0.1) is 0 Å². The molecule has 0 bridgehead atoms. The zero-order chi connectivity index (χ0) is 14.5. The SMILES string of the molecule is Cc1nc(C(=O)N2CCCCCCC2)ccc1C(=O)O. The summed E-state index contributed by atoms with van der Waals surface area (Å²) in [5, 5.41) is 8.98. The van der Waals surface area contributed by atoms with E-state index >= 15 is 0 Å². The summed E-state index contributed by atoms with van der Waals surface area (Å²) in [7, 11) is 0. The third kappa shape index (κ3) is 3.35. The van der Waals surface area contributed by atoms with Crippen LogP contribution in [0, 0.1) is 6.92 Å².